The lowest BCUT2D eigenvalue weighted by atomic mass is 10.0. The van der Waals surface area contributed by atoms with Crippen LogP contribution in [0.4, 0.5) is 5.69 Å². The number of hydrogen-bond acceptors (Lipinski definition) is 5. The Morgan fingerprint density at radius 3 is 2.52 bits per heavy atom. The van der Waals surface area contributed by atoms with E-state index in [2.05, 4.69) is 0 Å². The van der Waals surface area contributed by atoms with Crippen molar-refractivity contribution in [3.8, 4) is 11.5 Å². The molecule has 0 saturated heterocycles. The fourth-order valence-electron chi connectivity index (χ4n) is 4.05. The predicted molar refractivity (Wildman–Crippen MR) is 103 cm³/mol. The molecule has 150 valence electrons. The zero-order chi connectivity index (χ0) is 20.7. The lowest BCUT2D eigenvalue weighted by Crippen LogP contribution is -2.48. The van der Waals surface area contributed by atoms with Crippen LogP contribution in [0.5, 0.6) is 11.5 Å². The number of ether oxygens (including phenoxy) is 2. The van der Waals surface area contributed by atoms with Crippen LogP contribution < -0.4 is 14.4 Å². The van der Waals surface area contributed by atoms with Crippen LogP contribution in [-0.2, 0) is 4.79 Å². The fraction of sp³-hybridized carbons (Fsp3) is 0.286. The van der Waals surface area contributed by atoms with Crippen molar-refractivity contribution < 1.29 is 29.0 Å². The third kappa shape index (κ3) is 2.79. The summed E-state index contributed by atoms with van der Waals surface area (Å²) < 4.78 is 10.8. The number of methoxy groups -OCH3 is 2. The first-order valence-electron chi connectivity index (χ1n) is 9.19. The maximum atomic E-state index is 13.4. The molecule has 0 aromatic heterocycles. The Balaban J connectivity index is 1.87. The van der Waals surface area contributed by atoms with Crippen molar-refractivity contribution in [3.05, 3.63) is 53.1 Å². The second-order valence-corrected chi connectivity index (χ2v) is 6.83. The van der Waals surface area contributed by atoms with Gasteiger partial charge in [-0.1, -0.05) is 18.2 Å². The van der Waals surface area contributed by atoms with Crippen LogP contribution in [-0.4, -0.2) is 48.6 Å². The van der Waals surface area contributed by atoms with Crippen molar-refractivity contribution in [2.24, 2.45) is 0 Å². The van der Waals surface area contributed by atoms with Gasteiger partial charge in [-0.25, -0.2) is 0 Å². The molecule has 2 amide bonds. The molecule has 2 heterocycles. The molecule has 1 N–H and O–H groups in total. The number of rotatable bonds is 6. The Labute approximate surface area is 167 Å². The van der Waals surface area contributed by atoms with Crippen molar-refractivity contribution in [2.45, 2.75) is 19.0 Å². The van der Waals surface area contributed by atoms with E-state index >= 15 is 0 Å². The number of carboxylic acid groups (broad SMARTS) is 1. The van der Waals surface area contributed by atoms with Crippen LogP contribution >= 0.6 is 0 Å². The molecule has 0 bridgehead atoms. The summed E-state index contributed by atoms with van der Waals surface area (Å²) in [7, 11) is 2.96. The third-order valence-corrected chi connectivity index (χ3v) is 5.27. The molecule has 0 spiro atoms. The standard InChI is InChI=1S/C21H20N2O6/c1-28-15-10-9-13-17(18(15)29-2)21(27)23-14-7-4-3-6-12(14)20(26)22(19(13)23)11-5-8-16(24)25/h3-4,6-7,9-10,19H,5,8,11H2,1-2H3,(H,24,25). The molecule has 0 aliphatic carbocycles. The molecule has 0 fully saturated rings. The van der Waals surface area contributed by atoms with E-state index in [9.17, 15) is 14.4 Å². The molecule has 2 aliphatic heterocycles. The molecule has 2 aromatic rings. The molecule has 0 saturated carbocycles. The van der Waals surface area contributed by atoms with Gasteiger partial charge in [-0.15, -0.1) is 0 Å². The second kappa shape index (κ2) is 7.12. The first-order chi connectivity index (χ1) is 14.0. The van der Waals surface area contributed by atoms with Crippen molar-refractivity contribution in [2.75, 3.05) is 25.7 Å². The number of hydrogen-bond donors (Lipinski definition) is 1. The first-order valence-corrected chi connectivity index (χ1v) is 9.19. The lowest BCUT2D eigenvalue weighted by Gasteiger charge is -2.40. The molecule has 2 aromatic carbocycles. The summed E-state index contributed by atoms with van der Waals surface area (Å²) in [6, 6.07) is 10.4. The number of carbonyl (C=O) groups is 3. The number of fused-ring (bicyclic) bond motifs is 5. The van der Waals surface area contributed by atoms with Gasteiger partial charge in [0, 0.05) is 18.5 Å². The molecule has 2 aliphatic rings. The smallest absolute Gasteiger partial charge is 0.303 e. The Morgan fingerprint density at radius 1 is 1.07 bits per heavy atom. The van der Waals surface area contributed by atoms with E-state index in [1.54, 1.807) is 46.2 Å². The van der Waals surface area contributed by atoms with E-state index in [0.717, 1.165) is 0 Å². The van der Waals surface area contributed by atoms with Crippen molar-refractivity contribution in [1.82, 2.24) is 4.90 Å². The number of aliphatic carboxylic acids is 1. The second-order valence-electron chi connectivity index (χ2n) is 6.83. The summed E-state index contributed by atoms with van der Waals surface area (Å²) in [4.78, 5) is 40.7. The minimum absolute atomic E-state index is 0.0646. The largest absolute Gasteiger partial charge is 0.493 e. The van der Waals surface area contributed by atoms with Gasteiger partial charge in [-0.3, -0.25) is 19.3 Å². The molecule has 1 atom stereocenters. The molecule has 1 unspecified atom stereocenters. The molecular weight excluding hydrogens is 376 g/mol. The SMILES string of the molecule is COc1ccc2c(c1OC)C(=O)N1c3ccccc3C(=O)N(CCCC(=O)O)C21. The zero-order valence-electron chi connectivity index (χ0n) is 16.0. The van der Waals surface area contributed by atoms with Crippen LogP contribution in [0.15, 0.2) is 36.4 Å². The molecule has 8 nitrogen and oxygen atoms in total. The Hall–Kier alpha value is -3.55. The molecule has 29 heavy (non-hydrogen) atoms. The average Bonchev–Trinajstić information content (AvgIpc) is 3.02. The number of para-hydroxylation sites is 1. The van der Waals surface area contributed by atoms with Gasteiger partial charge in [0.1, 0.15) is 6.17 Å². The predicted octanol–water partition coefficient (Wildman–Crippen LogP) is 2.68. The Bertz CT molecular complexity index is 1020. The number of benzene rings is 2. The zero-order valence-corrected chi connectivity index (χ0v) is 16.0. The minimum atomic E-state index is -0.930. The maximum absolute atomic E-state index is 13.4. The summed E-state index contributed by atoms with van der Waals surface area (Å²) in [5.74, 6) is -0.705. The lowest BCUT2D eigenvalue weighted by molar-refractivity contribution is -0.137. The van der Waals surface area contributed by atoms with Gasteiger partial charge in [0.2, 0.25) is 0 Å². The number of carbonyl (C=O) groups excluding carboxylic acids is 2. The van der Waals surface area contributed by atoms with E-state index in [4.69, 9.17) is 14.6 Å². The average molecular weight is 396 g/mol. The number of nitrogens with zero attached hydrogens (tertiary/aromatic N) is 2. The highest BCUT2D eigenvalue weighted by Crippen LogP contribution is 2.49. The monoisotopic (exact) mass is 396 g/mol. The minimum Gasteiger partial charge on any atom is -0.493 e. The summed E-state index contributed by atoms with van der Waals surface area (Å²) in [5, 5.41) is 8.98. The summed E-state index contributed by atoms with van der Waals surface area (Å²) in [6.07, 6.45) is -0.441. The van der Waals surface area contributed by atoms with Gasteiger partial charge in [-0.2, -0.15) is 0 Å². The van der Waals surface area contributed by atoms with Gasteiger partial charge in [0.05, 0.1) is 31.0 Å². The van der Waals surface area contributed by atoms with Gasteiger partial charge in [0.15, 0.2) is 11.5 Å². The van der Waals surface area contributed by atoms with E-state index in [-0.39, 0.29) is 31.2 Å². The Kier molecular flexibility index (Phi) is 4.62. The highest BCUT2D eigenvalue weighted by Gasteiger charge is 2.49. The van der Waals surface area contributed by atoms with Crippen LogP contribution in [0.1, 0.15) is 45.3 Å². The maximum Gasteiger partial charge on any atom is 0.303 e. The van der Waals surface area contributed by atoms with Crippen molar-refractivity contribution >= 4 is 23.5 Å². The molecule has 8 heteroatoms. The van der Waals surface area contributed by atoms with E-state index in [1.165, 1.54) is 14.2 Å². The van der Waals surface area contributed by atoms with Crippen LogP contribution in [0.2, 0.25) is 0 Å². The normalized spacial score (nSPS) is 17.0. The number of carboxylic acids is 1. The fourth-order valence-corrected chi connectivity index (χ4v) is 4.05. The van der Waals surface area contributed by atoms with Gasteiger partial charge in [-0.05, 0) is 24.6 Å². The highest BCUT2D eigenvalue weighted by atomic mass is 16.5. The molecule has 4 rings (SSSR count). The van der Waals surface area contributed by atoms with Crippen molar-refractivity contribution in [3.63, 3.8) is 0 Å². The van der Waals surface area contributed by atoms with E-state index < -0.39 is 12.1 Å². The van der Waals surface area contributed by atoms with Gasteiger partial charge >= 0.3 is 5.97 Å². The van der Waals surface area contributed by atoms with Crippen LogP contribution in [0.25, 0.3) is 0 Å². The third-order valence-electron chi connectivity index (χ3n) is 5.27. The molecule has 0 radical (unpaired) electrons. The van der Waals surface area contributed by atoms with E-state index in [1.807, 2.05) is 0 Å². The quantitative estimate of drug-likeness (QED) is 0.807. The van der Waals surface area contributed by atoms with Crippen LogP contribution in [0.3, 0.4) is 0 Å². The topological polar surface area (TPSA) is 96.4 Å². The Morgan fingerprint density at radius 2 is 1.83 bits per heavy atom. The highest BCUT2D eigenvalue weighted by molar-refractivity contribution is 6.18. The summed E-state index contributed by atoms with van der Waals surface area (Å²) in [5.41, 5.74) is 1.92. The first kappa shape index (κ1) is 18.8. The number of anilines is 1. The van der Waals surface area contributed by atoms with Gasteiger partial charge in [0.25, 0.3) is 11.8 Å². The van der Waals surface area contributed by atoms with Crippen LogP contribution in [0, 0.1) is 0 Å². The summed E-state index contributed by atoms with van der Waals surface area (Å²) >= 11 is 0. The van der Waals surface area contributed by atoms with Gasteiger partial charge < -0.3 is 19.5 Å². The van der Waals surface area contributed by atoms with Crippen molar-refractivity contribution in [1.29, 1.82) is 0 Å². The molecular formula is C21H20N2O6. The summed E-state index contributed by atoms with van der Waals surface area (Å²) in [6.45, 7) is 0.210. The van der Waals surface area contributed by atoms with E-state index in [0.29, 0.717) is 33.9 Å². The number of amides is 2.